The standard InChI is InChI=1S/C24H24FN5O3S/c1-15-12-19(16(2)30(15)13-17-5-7-18(25)8-6-17)20(31)14-34-24-28-27-23(21-4-3-11-33-21)29(24)10-9-22(26)32/h3-8,11-12H,9-10,13-14H2,1-2H3,(H2,26,32). The average molecular weight is 482 g/mol. The summed E-state index contributed by atoms with van der Waals surface area (Å²) in [5.41, 5.74) is 8.69. The van der Waals surface area contributed by atoms with Crippen molar-refractivity contribution in [2.45, 2.75) is 38.5 Å². The summed E-state index contributed by atoms with van der Waals surface area (Å²) in [6.07, 6.45) is 1.64. The number of ketones is 1. The van der Waals surface area contributed by atoms with Crippen LogP contribution in [-0.4, -0.2) is 36.8 Å². The fraction of sp³-hybridized carbons (Fsp3) is 0.250. The molecule has 0 atom stereocenters. The summed E-state index contributed by atoms with van der Waals surface area (Å²) in [6.45, 7) is 4.67. The van der Waals surface area contributed by atoms with Crippen molar-refractivity contribution in [2.24, 2.45) is 5.73 Å². The third-order valence-corrected chi connectivity index (χ3v) is 6.47. The number of Topliss-reactive ketones (excluding diaryl/α,β-unsaturated/α-hetero) is 1. The van der Waals surface area contributed by atoms with Crippen molar-refractivity contribution < 1.29 is 18.4 Å². The van der Waals surface area contributed by atoms with E-state index < -0.39 is 5.91 Å². The van der Waals surface area contributed by atoms with E-state index in [1.807, 2.05) is 24.5 Å². The fourth-order valence-electron chi connectivity index (χ4n) is 3.71. The van der Waals surface area contributed by atoms with E-state index in [2.05, 4.69) is 10.2 Å². The van der Waals surface area contributed by atoms with Crippen LogP contribution in [0.5, 0.6) is 0 Å². The number of thioether (sulfide) groups is 1. The van der Waals surface area contributed by atoms with Crippen molar-refractivity contribution >= 4 is 23.5 Å². The number of carbonyl (C=O) groups is 2. The summed E-state index contributed by atoms with van der Waals surface area (Å²) >= 11 is 1.24. The van der Waals surface area contributed by atoms with Crippen LogP contribution in [0.4, 0.5) is 4.39 Å². The fourth-order valence-corrected chi connectivity index (χ4v) is 4.56. The summed E-state index contributed by atoms with van der Waals surface area (Å²) in [6, 6.07) is 11.7. The van der Waals surface area contributed by atoms with E-state index >= 15 is 0 Å². The summed E-state index contributed by atoms with van der Waals surface area (Å²) in [5.74, 6) is 0.357. The molecule has 0 radical (unpaired) electrons. The van der Waals surface area contributed by atoms with Crippen LogP contribution in [0.3, 0.4) is 0 Å². The number of nitrogens with two attached hydrogens (primary N) is 1. The summed E-state index contributed by atoms with van der Waals surface area (Å²) in [4.78, 5) is 24.4. The first-order valence-electron chi connectivity index (χ1n) is 10.7. The molecular weight excluding hydrogens is 457 g/mol. The van der Waals surface area contributed by atoms with Gasteiger partial charge < -0.3 is 14.7 Å². The molecule has 0 bridgehead atoms. The minimum atomic E-state index is -0.445. The van der Waals surface area contributed by atoms with Gasteiger partial charge in [0.05, 0.1) is 12.0 Å². The highest BCUT2D eigenvalue weighted by Gasteiger charge is 2.20. The SMILES string of the molecule is Cc1cc(C(=O)CSc2nnc(-c3ccco3)n2CCC(N)=O)c(C)n1Cc1ccc(F)cc1. The monoisotopic (exact) mass is 481 g/mol. The number of hydrogen-bond acceptors (Lipinski definition) is 6. The van der Waals surface area contributed by atoms with Crippen LogP contribution < -0.4 is 5.73 Å². The quantitative estimate of drug-likeness (QED) is 0.271. The number of hydrogen-bond donors (Lipinski definition) is 1. The van der Waals surface area contributed by atoms with E-state index in [0.29, 0.717) is 28.8 Å². The minimum Gasteiger partial charge on any atom is -0.461 e. The maximum atomic E-state index is 13.2. The second kappa shape index (κ2) is 10.1. The molecule has 176 valence electrons. The second-order valence-corrected chi connectivity index (χ2v) is 8.80. The molecular formula is C24H24FN5O3S. The molecule has 0 aliphatic rings. The zero-order valence-electron chi connectivity index (χ0n) is 18.8. The lowest BCUT2D eigenvalue weighted by Crippen LogP contribution is -2.15. The maximum absolute atomic E-state index is 13.2. The van der Waals surface area contributed by atoms with Crippen LogP contribution in [-0.2, 0) is 17.9 Å². The molecule has 4 rings (SSSR count). The zero-order valence-corrected chi connectivity index (χ0v) is 19.6. The van der Waals surface area contributed by atoms with Gasteiger partial charge in [-0.1, -0.05) is 23.9 Å². The number of aryl methyl sites for hydroxylation is 1. The van der Waals surface area contributed by atoms with E-state index in [1.165, 1.54) is 30.2 Å². The molecule has 0 spiro atoms. The number of furan rings is 1. The maximum Gasteiger partial charge on any atom is 0.219 e. The summed E-state index contributed by atoms with van der Waals surface area (Å²) in [5, 5.41) is 8.88. The molecule has 0 fully saturated rings. The van der Waals surface area contributed by atoms with E-state index in [-0.39, 0.29) is 30.3 Å². The highest BCUT2D eigenvalue weighted by atomic mass is 32.2. The lowest BCUT2D eigenvalue weighted by Gasteiger charge is -2.10. The van der Waals surface area contributed by atoms with Gasteiger partial charge in [-0.3, -0.25) is 14.2 Å². The molecule has 0 unspecified atom stereocenters. The number of primary amides is 1. The molecule has 0 saturated heterocycles. The summed E-state index contributed by atoms with van der Waals surface area (Å²) < 4.78 is 22.4. The molecule has 34 heavy (non-hydrogen) atoms. The molecule has 1 aromatic carbocycles. The molecule has 10 heteroatoms. The van der Waals surface area contributed by atoms with Gasteiger partial charge in [0, 0.05) is 36.5 Å². The first kappa shape index (κ1) is 23.5. The number of benzene rings is 1. The Labute approximate surface area is 200 Å². The Kier molecular flexibility index (Phi) is 6.97. The van der Waals surface area contributed by atoms with Gasteiger partial charge in [-0.05, 0) is 49.7 Å². The Morgan fingerprint density at radius 2 is 1.88 bits per heavy atom. The van der Waals surface area contributed by atoms with Crippen LogP contribution >= 0.6 is 11.8 Å². The van der Waals surface area contributed by atoms with E-state index in [0.717, 1.165) is 17.0 Å². The molecule has 4 aromatic rings. The van der Waals surface area contributed by atoms with Gasteiger partial charge in [0.15, 0.2) is 22.5 Å². The number of amides is 1. The lowest BCUT2D eigenvalue weighted by molar-refractivity contribution is -0.118. The van der Waals surface area contributed by atoms with Crippen LogP contribution in [0, 0.1) is 19.7 Å². The minimum absolute atomic E-state index is 0.0487. The van der Waals surface area contributed by atoms with Crippen molar-refractivity contribution in [3.05, 3.63) is 77.1 Å². The summed E-state index contributed by atoms with van der Waals surface area (Å²) in [7, 11) is 0. The zero-order chi connectivity index (χ0) is 24.2. The molecule has 8 nitrogen and oxygen atoms in total. The van der Waals surface area contributed by atoms with Gasteiger partial charge in [0.1, 0.15) is 5.82 Å². The van der Waals surface area contributed by atoms with E-state index in [9.17, 15) is 14.0 Å². The van der Waals surface area contributed by atoms with E-state index in [4.69, 9.17) is 10.2 Å². The van der Waals surface area contributed by atoms with Gasteiger partial charge in [-0.15, -0.1) is 10.2 Å². The molecule has 3 heterocycles. The molecule has 0 saturated carbocycles. The number of carbonyl (C=O) groups excluding carboxylic acids is 2. The topological polar surface area (TPSA) is 109 Å². The Bertz CT molecular complexity index is 1310. The van der Waals surface area contributed by atoms with Gasteiger partial charge >= 0.3 is 0 Å². The predicted molar refractivity (Wildman–Crippen MR) is 126 cm³/mol. The molecule has 3 aromatic heterocycles. The van der Waals surface area contributed by atoms with Crippen molar-refractivity contribution in [3.63, 3.8) is 0 Å². The van der Waals surface area contributed by atoms with Crippen LogP contribution in [0.1, 0.15) is 33.7 Å². The molecule has 0 aliphatic carbocycles. The number of nitrogens with zero attached hydrogens (tertiary/aromatic N) is 4. The Hall–Kier alpha value is -3.66. The van der Waals surface area contributed by atoms with Crippen molar-refractivity contribution in [1.82, 2.24) is 19.3 Å². The number of halogens is 1. The molecule has 2 N–H and O–H groups in total. The van der Waals surface area contributed by atoms with Gasteiger partial charge in [0.25, 0.3) is 0 Å². The highest BCUT2D eigenvalue weighted by molar-refractivity contribution is 7.99. The molecule has 1 amide bonds. The van der Waals surface area contributed by atoms with Gasteiger partial charge in [0.2, 0.25) is 5.91 Å². The van der Waals surface area contributed by atoms with Crippen LogP contribution in [0.2, 0.25) is 0 Å². The smallest absolute Gasteiger partial charge is 0.219 e. The first-order valence-corrected chi connectivity index (χ1v) is 11.6. The van der Waals surface area contributed by atoms with Crippen LogP contribution in [0.15, 0.2) is 58.3 Å². The second-order valence-electron chi connectivity index (χ2n) is 7.86. The Morgan fingerprint density at radius 1 is 1.12 bits per heavy atom. The van der Waals surface area contributed by atoms with Gasteiger partial charge in [-0.25, -0.2) is 4.39 Å². The Balaban J connectivity index is 1.51. The predicted octanol–water partition coefficient (Wildman–Crippen LogP) is 3.99. The average Bonchev–Trinajstić information content (AvgIpc) is 3.53. The largest absolute Gasteiger partial charge is 0.461 e. The third-order valence-electron chi connectivity index (χ3n) is 5.50. The first-order chi connectivity index (χ1) is 16.3. The number of rotatable bonds is 10. The Morgan fingerprint density at radius 3 is 2.56 bits per heavy atom. The normalized spacial score (nSPS) is 11.1. The van der Waals surface area contributed by atoms with Crippen LogP contribution in [0.25, 0.3) is 11.6 Å². The lowest BCUT2D eigenvalue weighted by atomic mass is 10.2. The third kappa shape index (κ3) is 5.12. The van der Waals surface area contributed by atoms with Crippen molar-refractivity contribution in [1.29, 1.82) is 0 Å². The van der Waals surface area contributed by atoms with Crippen molar-refractivity contribution in [2.75, 3.05) is 5.75 Å². The number of aromatic nitrogens is 4. The van der Waals surface area contributed by atoms with E-state index in [1.54, 1.807) is 28.8 Å². The highest BCUT2D eigenvalue weighted by Crippen LogP contribution is 2.26. The molecule has 0 aliphatic heterocycles. The van der Waals surface area contributed by atoms with Crippen molar-refractivity contribution in [3.8, 4) is 11.6 Å². The van der Waals surface area contributed by atoms with Gasteiger partial charge in [-0.2, -0.15) is 0 Å².